The molecule has 3 heteroatoms. The lowest BCUT2D eigenvalue weighted by molar-refractivity contribution is 0.454. The third-order valence-electron chi connectivity index (χ3n) is 3.19. The van der Waals surface area contributed by atoms with Crippen molar-refractivity contribution < 1.29 is 0 Å². The van der Waals surface area contributed by atoms with E-state index in [0.29, 0.717) is 12.1 Å². The van der Waals surface area contributed by atoms with Crippen molar-refractivity contribution in [2.24, 2.45) is 0 Å². The summed E-state index contributed by atoms with van der Waals surface area (Å²) < 4.78 is 1.16. The highest BCUT2D eigenvalue weighted by Crippen LogP contribution is 2.28. The fourth-order valence-electron chi connectivity index (χ4n) is 2.14. The molecule has 0 amide bonds. The Morgan fingerprint density at radius 1 is 1.50 bits per heavy atom. The number of thioether (sulfide) groups is 1. The van der Waals surface area contributed by atoms with Gasteiger partial charge in [-0.1, -0.05) is 35.0 Å². The van der Waals surface area contributed by atoms with Crippen LogP contribution in [0.4, 0.5) is 0 Å². The highest BCUT2D eigenvalue weighted by atomic mass is 79.9. The van der Waals surface area contributed by atoms with Gasteiger partial charge in [-0.2, -0.15) is 11.8 Å². The summed E-state index contributed by atoms with van der Waals surface area (Å²) in [7, 11) is 0. The van der Waals surface area contributed by atoms with E-state index in [0.717, 1.165) is 9.72 Å². The number of rotatable bonds is 3. The molecule has 1 nitrogen and oxygen atoms in total. The van der Waals surface area contributed by atoms with Crippen molar-refractivity contribution in [2.75, 3.05) is 5.75 Å². The molecule has 1 heterocycles. The van der Waals surface area contributed by atoms with Crippen molar-refractivity contribution in [3.63, 3.8) is 0 Å². The Labute approximate surface area is 111 Å². The van der Waals surface area contributed by atoms with E-state index in [-0.39, 0.29) is 0 Å². The van der Waals surface area contributed by atoms with Crippen LogP contribution >= 0.6 is 27.7 Å². The maximum atomic E-state index is 3.73. The van der Waals surface area contributed by atoms with Gasteiger partial charge in [0.25, 0.3) is 0 Å². The van der Waals surface area contributed by atoms with Crippen LogP contribution in [0.25, 0.3) is 0 Å². The molecule has 2 rings (SSSR count). The van der Waals surface area contributed by atoms with E-state index in [4.69, 9.17) is 0 Å². The maximum Gasteiger partial charge on any atom is 0.0295 e. The second-order valence-electron chi connectivity index (χ2n) is 4.41. The summed E-state index contributed by atoms with van der Waals surface area (Å²) in [6.07, 6.45) is 1.30. The van der Waals surface area contributed by atoms with Crippen LogP contribution in [0.3, 0.4) is 0 Å². The number of benzene rings is 1. The van der Waals surface area contributed by atoms with E-state index < -0.39 is 0 Å². The molecule has 1 N–H and O–H groups in total. The lowest BCUT2D eigenvalue weighted by Gasteiger charge is -2.22. The van der Waals surface area contributed by atoms with Crippen molar-refractivity contribution >= 4 is 27.7 Å². The molecule has 1 saturated heterocycles. The Morgan fingerprint density at radius 3 is 2.94 bits per heavy atom. The predicted molar refractivity (Wildman–Crippen MR) is 76.0 cm³/mol. The third kappa shape index (κ3) is 3.02. The molecule has 16 heavy (non-hydrogen) atoms. The van der Waals surface area contributed by atoms with Crippen molar-refractivity contribution in [3.05, 3.63) is 34.3 Å². The fraction of sp³-hybridized carbons (Fsp3) is 0.538. The lowest BCUT2D eigenvalue weighted by atomic mass is 10.1. The zero-order chi connectivity index (χ0) is 11.5. The Kier molecular flexibility index (Phi) is 4.34. The van der Waals surface area contributed by atoms with Crippen LogP contribution in [-0.2, 0) is 0 Å². The summed E-state index contributed by atoms with van der Waals surface area (Å²) in [5, 5.41) is 4.48. The minimum atomic E-state index is 0.434. The summed E-state index contributed by atoms with van der Waals surface area (Å²) in [6.45, 7) is 4.57. The first-order valence-electron chi connectivity index (χ1n) is 5.80. The minimum absolute atomic E-state index is 0.434. The Hall–Kier alpha value is 0.01000. The summed E-state index contributed by atoms with van der Waals surface area (Å²) in [5.74, 6) is 1.30. The van der Waals surface area contributed by atoms with E-state index >= 15 is 0 Å². The first kappa shape index (κ1) is 12.5. The van der Waals surface area contributed by atoms with Gasteiger partial charge in [0.2, 0.25) is 0 Å². The zero-order valence-electron chi connectivity index (χ0n) is 9.74. The number of hydrogen-bond donors (Lipinski definition) is 1. The first-order chi connectivity index (χ1) is 7.66. The second-order valence-corrected chi connectivity index (χ2v) is 6.82. The summed E-state index contributed by atoms with van der Waals surface area (Å²) >= 11 is 5.60. The Balaban J connectivity index is 1.99. The van der Waals surface area contributed by atoms with E-state index in [2.05, 4.69) is 71.1 Å². The molecule has 3 atom stereocenters. The third-order valence-corrected chi connectivity index (χ3v) is 5.01. The zero-order valence-corrected chi connectivity index (χ0v) is 12.1. The Bertz CT molecular complexity index is 356. The molecule has 1 aliphatic rings. The van der Waals surface area contributed by atoms with Crippen molar-refractivity contribution in [1.29, 1.82) is 0 Å². The van der Waals surface area contributed by atoms with E-state index in [1.165, 1.54) is 17.7 Å². The topological polar surface area (TPSA) is 12.0 Å². The minimum Gasteiger partial charge on any atom is -0.306 e. The van der Waals surface area contributed by atoms with E-state index in [1.807, 2.05) is 0 Å². The van der Waals surface area contributed by atoms with Crippen LogP contribution in [0.1, 0.15) is 31.9 Å². The van der Waals surface area contributed by atoms with E-state index in [9.17, 15) is 0 Å². The van der Waals surface area contributed by atoms with Gasteiger partial charge in [0, 0.05) is 21.8 Å². The van der Waals surface area contributed by atoms with Gasteiger partial charge in [0.05, 0.1) is 0 Å². The number of nitrogens with one attached hydrogen (secondary N) is 1. The van der Waals surface area contributed by atoms with Crippen LogP contribution in [0, 0.1) is 0 Å². The average molecular weight is 300 g/mol. The molecule has 1 aromatic rings. The molecule has 0 radical (unpaired) electrons. The average Bonchev–Trinajstić information content (AvgIpc) is 2.64. The predicted octanol–water partition coefficient (Wildman–Crippen LogP) is 3.99. The van der Waals surface area contributed by atoms with Crippen molar-refractivity contribution in [3.8, 4) is 0 Å². The molecule has 0 aliphatic carbocycles. The first-order valence-corrected chi connectivity index (χ1v) is 7.64. The maximum absolute atomic E-state index is 3.73. The standard InChI is InChI=1S/C13H18BrNS/c1-9(11-4-3-5-12(14)8-11)15-13-6-7-16-10(13)2/h3-5,8-10,13,15H,6-7H2,1-2H3. The van der Waals surface area contributed by atoms with E-state index in [1.54, 1.807) is 0 Å². The highest BCUT2D eigenvalue weighted by Gasteiger charge is 2.25. The van der Waals surface area contributed by atoms with Gasteiger partial charge in [-0.15, -0.1) is 0 Å². The normalized spacial score (nSPS) is 26.9. The molecule has 1 fully saturated rings. The highest BCUT2D eigenvalue weighted by molar-refractivity contribution is 9.10. The summed E-state index contributed by atoms with van der Waals surface area (Å²) in [4.78, 5) is 0. The van der Waals surface area contributed by atoms with Crippen LogP contribution in [0.5, 0.6) is 0 Å². The quantitative estimate of drug-likeness (QED) is 0.905. The summed E-state index contributed by atoms with van der Waals surface area (Å²) in [6, 6.07) is 9.66. The van der Waals surface area contributed by atoms with Gasteiger partial charge in [0.1, 0.15) is 0 Å². The SMILES string of the molecule is CC(NC1CCSC1C)c1cccc(Br)c1. The monoisotopic (exact) mass is 299 g/mol. The second kappa shape index (κ2) is 5.56. The van der Waals surface area contributed by atoms with Crippen LogP contribution in [0.2, 0.25) is 0 Å². The van der Waals surface area contributed by atoms with Crippen LogP contribution < -0.4 is 5.32 Å². The molecule has 88 valence electrons. The molecule has 1 aromatic carbocycles. The number of hydrogen-bond acceptors (Lipinski definition) is 2. The van der Waals surface area contributed by atoms with Crippen molar-refractivity contribution in [2.45, 2.75) is 37.6 Å². The Morgan fingerprint density at radius 2 is 2.31 bits per heavy atom. The van der Waals surface area contributed by atoms with Crippen LogP contribution in [-0.4, -0.2) is 17.0 Å². The molecular weight excluding hydrogens is 282 g/mol. The molecular formula is C13H18BrNS. The van der Waals surface area contributed by atoms with Gasteiger partial charge < -0.3 is 5.32 Å². The summed E-state index contributed by atoms with van der Waals surface area (Å²) in [5.41, 5.74) is 1.36. The molecule has 1 aliphatic heterocycles. The molecule has 0 saturated carbocycles. The van der Waals surface area contributed by atoms with Crippen molar-refractivity contribution in [1.82, 2.24) is 5.32 Å². The van der Waals surface area contributed by atoms with Gasteiger partial charge >= 0.3 is 0 Å². The molecule has 0 aromatic heterocycles. The largest absolute Gasteiger partial charge is 0.306 e. The fourth-order valence-corrected chi connectivity index (χ4v) is 3.77. The van der Waals surface area contributed by atoms with Gasteiger partial charge in [-0.05, 0) is 36.8 Å². The molecule has 3 unspecified atom stereocenters. The lowest BCUT2D eigenvalue weighted by Crippen LogP contribution is -2.35. The number of halogens is 1. The molecule has 0 spiro atoms. The van der Waals surface area contributed by atoms with Gasteiger partial charge in [-0.3, -0.25) is 0 Å². The van der Waals surface area contributed by atoms with Gasteiger partial charge in [0.15, 0.2) is 0 Å². The van der Waals surface area contributed by atoms with Crippen LogP contribution in [0.15, 0.2) is 28.7 Å². The van der Waals surface area contributed by atoms with Gasteiger partial charge in [-0.25, -0.2) is 0 Å². The smallest absolute Gasteiger partial charge is 0.0295 e. The molecule has 0 bridgehead atoms.